The molecule has 0 aliphatic rings. The van der Waals surface area contributed by atoms with Gasteiger partial charge in [-0.2, -0.15) is 0 Å². The molecule has 0 saturated heterocycles. The van der Waals surface area contributed by atoms with Crippen LogP contribution in [0.4, 0.5) is 13.2 Å². The molecule has 0 bridgehead atoms. The Morgan fingerprint density at radius 2 is 2.13 bits per heavy atom. The van der Waals surface area contributed by atoms with Crippen molar-refractivity contribution in [1.82, 2.24) is 4.98 Å². The molecule has 0 fully saturated rings. The van der Waals surface area contributed by atoms with Gasteiger partial charge >= 0.3 is 5.97 Å². The summed E-state index contributed by atoms with van der Waals surface area (Å²) in [5.74, 6) is -2.89. The van der Waals surface area contributed by atoms with Crippen LogP contribution < -0.4 is 5.43 Å². The van der Waals surface area contributed by atoms with Crippen LogP contribution in [0.1, 0.15) is 17.8 Å². The van der Waals surface area contributed by atoms with E-state index < -0.39 is 35.8 Å². The number of aromatic nitrogens is 1. The number of nitrogens with one attached hydrogen (secondary N) is 1. The molecule has 15 heavy (non-hydrogen) atoms. The first-order chi connectivity index (χ1) is 6.91. The van der Waals surface area contributed by atoms with Crippen LogP contribution in [-0.4, -0.2) is 16.1 Å². The maximum absolute atomic E-state index is 12.8. The Morgan fingerprint density at radius 1 is 1.53 bits per heavy atom. The Morgan fingerprint density at radius 3 is 2.60 bits per heavy atom. The van der Waals surface area contributed by atoms with E-state index in [-0.39, 0.29) is 5.69 Å². The van der Waals surface area contributed by atoms with Crippen LogP contribution in [-0.2, 0) is 11.2 Å². The second kappa shape index (κ2) is 4.16. The van der Waals surface area contributed by atoms with Crippen molar-refractivity contribution in [3.63, 3.8) is 0 Å². The van der Waals surface area contributed by atoms with Gasteiger partial charge < -0.3 is 10.1 Å². The number of rotatable bonds is 3. The molecule has 1 aromatic heterocycles. The minimum atomic E-state index is -3.19. The van der Waals surface area contributed by atoms with Crippen molar-refractivity contribution in [2.75, 3.05) is 0 Å². The zero-order valence-electron chi connectivity index (χ0n) is 7.26. The van der Waals surface area contributed by atoms with Crippen molar-refractivity contribution < 1.29 is 23.1 Å². The fraction of sp³-hybridized carbons (Fsp3) is 0.250. The quantitative estimate of drug-likeness (QED) is 0.802. The van der Waals surface area contributed by atoms with Gasteiger partial charge in [0.2, 0.25) is 5.43 Å². The molecule has 0 aliphatic heterocycles. The van der Waals surface area contributed by atoms with Crippen molar-refractivity contribution in [1.29, 1.82) is 0 Å². The summed E-state index contributed by atoms with van der Waals surface area (Å²) in [5, 5.41) is 8.35. The molecular formula is C8H6F3NO3. The summed E-state index contributed by atoms with van der Waals surface area (Å²) in [5.41, 5.74) is -2.69. The van der Waals surface area contributed by atoms with Gasteiger partial charge in [0, 0.05) is 11.8 Å². The molecule has 0 unspecified atom stereocenters. The molecule has 1 heterocycles. The number of halogens is 3. The Balaban J connectivity index is 3.23. The fourth-order valence-electron chi connectivity index (χ4n) is 1.03. The molecule has 0 radical (unpaired) electrons. The summed E-state index contributed by atoms with van der Waals surface area (Å²) < 4.78 is 37.1. The number of carboxylic acid groups (broad SMARTS) is 1. The highest BCUT2D eigenvalue weighted by molar-refractivity contribution is 5.69. The van der Waals surface area contributed by atoms with E-state index in [2.05, 4.69) is 0 Å². The standard InChI is InChI=1S/C8H6F3NO3/c9-6-4(13)1-3(2-5(14)15)12-7(6)8(10)11/h1,8H,2H2,(H,12,13)(H,14,15). The number of hydrogen-bond donors (Lipinski definition) is 2. The Kier molecular flexibility index (Phi) is 3.13. The van der Waals surface area contributed by atoms with Gasteiger partial charge in [-0.1, -0.05) is 0 Å². The highest BCUT2D eigenvalue weighted by atomic mass is 19.3. The summed E-state index contributed by atoms with van der Waals surface area (Å²) in [7, 11) is 0. The van der Waals surface area contributed by atoms with Crippen LogP contribution in [0.25, 0.3) is 0 Å². The predicted molar refractivity (Wildman–Crippen MR) is 43.3 cm³/mol. The summed E-state index contributed by atoms with van der Waals surface area (Å²) in [6.07, 6.45) is -3.83. The Hall–Kier alpha value is -1.79. The molecule has 0 atom stereocenters. The summed E-state index contributed by atoms with van der Waals surface area (Å²) in [6, 6.07) is 0.648. The number of carboxylic acids is 1. The fourth-order valence-corrected chi connectivity index (χ4v) is 1.03. The van der Waals surface area contributed by atoms with Crippen LogP contribution in [0.5, 0.6) is 0 Å². The number of hydrogen-bond acceptors (Lipinski definition) is 2. The van der Waals surface area contributed by atoms with Crippen molar-refractivity contribution >= 4 is 5.97 Å². The lowest BCUT2D eigenvalue weighted by Gasteiger charge is -2.04. The second-order valence-electron chi connectivity index (χ2n) is 2.76. The van der Waals surface area contributed by atoms with E-state index in [0.717, 1.165) is 0 Å². The third kappa shape index (κ3) is 2.58. The van der Waals surface area contributed by atoms with Gasteiger partial charge in [-0.25, -0.2) is 13.2 Å². The maximum atomic E-state index is 12.8. The number of alkyl halides is 2. The topological polar surface area (TPSA) is 70.2 Å². The van der Waals surface area contributed by atoms with Crippen molar-refractivity contribution in [3.05, 3.63) is 33.5 Å². The van der Waals surface area contributed by atoms with Crippen molar-refractivity contribution in [3.8, 4) is 0 Å². The van der Waals surface area contributed by atoms with Gasteiger partial charge in [0.25, 0.3) is 6.43 Å². The zero-order valence-corrected chi connectivity index (χ0v) is 7.26. The van der Waals surface area contributed by atoms with Crippen molar-refractivity contribution in [2.24, 2.45) is 0 Å². The van der Waals surface area contributed by atoms with E-state index in [1.807, 2.05) is 4.98 Å². The highest BCUT2D eigenvalue weighted by Gasteiger charge is 2.18. The summed E-state index contributed by atoms with van der Waals surface area (Å²) >= 11 is 0. The average molecular weight is 221 g/mol. The van der Waals surface area contributed by atoms with Crippen molar-refractivity contribution in [2.45, 2.75) is 12.8 Å². The lowest BCUT2D eigenvalue weighted by atomic mass is 10.2. The second-order valence-corrected chi connectivity index (χ2v) is 2.76. The molecular weight excluding hydrogens is 215 g/mol. The van der Waals surface area contributed by atoms with Crippen LogP contribution in [0, 0.1) is 5.82 Å². The molecule has 0 spiro atoms. The van der Waals surface area contributed by atoms with E-state index in [4.69, 9.17) is 5.11 Å². The maximum Gasteiger partial charge on any atom is 0.309 e. The van der Waals surface area contributed by atoms with Gasteiger partial charge in [0.05, 0.1) is 6.42 Å². The molecule has 0 amide bonds. The lowest BCUT2D eigenvalue weighted by Crippen LogP contribution is -2.16. The first-order valence-corrected chi connectivity index (χ1v) is 3.83. The molecule has 2 N–H and O–H groups in total. The van der Waals surface area contributed by atoms with E-state index in [9.17, 15) is 22.8 Å². The van der Waals surface area contributed by atoms with E-state index >= 15 is 0 Å². The van der Waals surface area contributed by atoms with E-state index in [0.29, 0.717) is 6.07 Å². The van der Waals surface area contributed by atoms with E-state index in [1.54, 1.807) is 0 Å². The predicted octanol–water partition coefficient (Wildman–Crippen LogP) is 1.08. The number of carbonyl (C=O) groups is 1. The lowest BCUT2D eigenvalue weighted by molar-refractivity contribution is -0.136. The van der Waals surface area contributed by atoms with Gasteiger partial charge in [-0.15, -0.1) is 0 Å². The third-order valence-corrected chi connectivity index (χ3v) is 1.61. The zero-order chi connectivity index (χ0) is 11.6. The molecule has 82 valence electrons. The summed E-state index contributed by atoms with van der Waals surface area (Å²) in [6.45, 7) is 0. The average Bonchev–Trinajstić information content (AvgIpc) is 2.09. The Bertz CT molecular complexity index is 441. The molecule has 1 rings (SSSR count). The smallest absolute Gasteiger partial charge is 0.309 e. The minimum Gasteiger partial charge on any atom is -0.481 e. The van der Waals surface area contributed by atoms with Crippen LogP contribution in [0.15, 0.2) is 10.9 Å². The first kappa shape index (κ1) is 11.3. The van der Waals surface area contributed by atoms with E-state index in [1.165, 1.54) is 0 Å². The highest BCUT2D eigenvalue weighted by Crippen LogP contribution is 2.17. The largest absolute Gasteiger partial charge is 0.481 e. The Labute approximate surface area is 81.4 Å². The molecule has 4 nitrogen and oxygen atoms in total. The third-order valence-electron chi connectivity index (χ3n) is 1.61. The van der Waals surface area contributed by atoms with Crippen LogP contribution >= 0.6 is 0 Å². The normalized spacial score (nSPS) is 10.7. The van der Waals surface area contributed by atoms with Crippen LogP contribution in [0.3, 0.4) is 0 Å². The number of pyridine rings is 1. The van der Waals surface area contributed by atoms with Gasteiger partial charge in [-0.05, 0) is 0 Å². The first-order valence-electron chi connectivity index (χ1n) is 3.83. The molecule has 0 aliphatic carbocycles. The molecule has 7 heteroatoms. The van der Waals surface area contributed by atoms with Gasteiger partial charge in [0.1, 0.15) is 5.69 Å². The van der Waals surface area contributed by atoms with Gasteiger partial charge in [-0.3, -0.25) is 9.59 Å². The minimum absolute atomic E-state index is 0.260. The molecule has 1 aromatic rings. The number of aliphatic carboxylic acids is 1. The SMILES string of the molecule is O=C(O)Cc1cc(=O)c(F)c(C(F)F)[nH]1. The molecule has 0 aromatic carbocycles. The monoisotopic (exact) mass is 221 g/mol. The van der Waals surface area contributed by atoms with Gasteiger partial charge in [0.15, 0.2) is 5.82 Å². The van der Waals surface area contributed by atoms with Crippen LogP contribution in [0.2, 0.25) is 0 Å². The molecule has 0 saturated carbocycles. The number of aromatic amines is 1. The number of H-pyrrole nitrogens is 1. The summed E-state index contributed by atoms with van der Waals surface area (Å²) in [4.78, 5) is 22.9.